The third-order valence-electron chi connectivity index (χ3n) is 6.15. The van der Waals surface area contributed by atoms with Crippen LogP contribution in [-0.4, -0.2) is 42.4 Å². The minimum Gasteiger partial charge on any atom is -0.352 e. The number of amides is 1. The molecule has 0 saturated carbocycles. The average molecular weight is 536 g/mol. The molecule has 1 N–H and O–H groups in total. The van der Waals surface area contributed by atoms with Crippen molar-refractivity contribution in [3.8, 4) is 0 Å². The first-order valence-corrected chi connectivity index (χ1v) is 12.5. The van der Waals surface area contributed by atoms with E-state index in [2.05, 4.69) is 10.3 Å². The Morgan fingerprint density at radius 1 is 1.18 bits per heavy atom. The summed E-state index contributed by atoms with van der Waals surface area (Å²) < 4.78 is 43.0. The molecule has 2 aliphatic heterocycles. The molecule has 0 aromatic heterocycles. The largest absolute Gasteiger partial charge is 0.400 e. The summed E-state index contributed by atoms with van der Waals surface area (Å²) >= 11 is 19.8. The van der Waals surface area contributed by atoms with Gasteiger partial charge in [0.2, 0.25) is 0 Å². The van der Waals surface area contributed by atoms with Crippen molar-refractivity contribution in [1.82, 2.24) is 5.32 Å². The first-order chi connectivity index (χ1) is 15.5. The van der Waals surface area contributed by atoms with Crippen LogP contribution in [0.15, 0.2) is 35.3 Å². The molecule has 2 aromatic carbocycles. The molecule has 1 saturated heterocycles. The van der Waals surface area contributed by atoms with Crippen molar-refractivity contribution in [2.24, 2.45) is 10.9 Å². The van der Waals surface area contributed by atoms with E-state index in [-0.39, 0.29) is 33.0 Å². The van der Waals surface area contributed by atoms with E-state index >= 15 is 0 Å². The Hall–Kier alpha value is -1.41. The topological polar surface area (TPSA) is 41.5 Å². The van der Waals surface area contributed by atoms with E-state index in [4.69, 9.17) is 34.8 Å². The third kappa shape index (κ3) is 4.75. The highest BCUT2D eigenvalue weighted by Gasteiger charge is 2.58. The van der Waals surface area contributed by atoms with Gasteiger partial charge in [-0.15, -0.1) is 0 Å². The lowest BCUT2D eigenvalue weighted by atomic mass is 9.76. The Morgan fingerprint density at radius 2 is 1.85 bits per heavy atom. The van der Waals surface area contributed by atoms with Gasteiger partial charge >= 0.3 is 6.18 Å². The smallest absolute Gasteiger partial charge is 0.352 e. The van der Waals surface area contributed by atoms with Gasteiger partial charge in [0.25, 0.3) is 5.91 Å². The zero-order chi connectivity index (χ0) is 24.0. The van der Waals surface area contributed by atoms with Crippen LogP contribution in [0.4, 0.5) is 13.2 Å². The lowest BCUT2D eigenvalue weighted by Gasteiger charge is -2.32. The Balaban J connectivity index is 1.58. The van der Waals surface area contributed by atoms with Gasteiger partial charge in [0.05, 0.1) is 21.6 Å². The minimum atomic E-state index is -4.59. The highest BCUT2D eigenvalue weighted by molar-refractivity contribution is 8.00. The number of alkyl halides is 3. The molecule has 0 aliphatic carbocycles. The van der Waals surface area contributed by atoms with Crippen molar-refractivity contribution in [1.29, 1.82) is 0 Å². The summed E-state index contributed by atoms with van der Waals surface area (Å²) in [4.78, 5) is 16.8. The number of nitrogens with one attached hydrogen (secondary N) is 1. The maximum atomic E-state index is 14.3. The van der Waals surface area contributed by atoms with Crippen LogP contribution >= 0.6 is 46.6 Å². The Kier molecular flexibility index (Phi) is 6.98. The fourth-order valence-corrected chi connectivity index (χ4v) is 5.43. The second-order valence-electron chi connectivity index (χ2n) is 8.42. The fraction of sp³-hybridized carbons (Fsp3) is 0.391. The van der Waals surface area contributed by atoms with Crippen molar-refractivity contribution in [2.75, 3.05) is 24.6 Å². The Morgan fingerprint density at radius 3 is 2.39 bits per heavy atom. The molecule has 0 radical (unpaired) electrons. The second kappa shape index (κ2) is 9.33. The lowest BCUT2D eigenvalue weighted by molar-refractivity contribution is -0.183. The van der Waals surface area contributed by atoms with Crippen LogP contribution in [0.2, 0.25) is 15.1 Å². The molecule has 1 fully saturated rings. The quantitative estimate of drug-likeness (QED) is 0.431. The zero-order valence-electron chi connectivity index (χ0n) is 17.5. The van der Waals surface area contributed by atoms with Gasteiger partial charge in [0, 0.05) is 24.2 Å². The summed E-state index contributed by atoms with van der Waals surface area (Å²) in [5, 5.41) is 2.87. The van der Waals surface area contributed by atoms with Crippen molar-refractivity contribution < 1.29 is 18.0 Å². The Labute approximate surface area is 209 Å². The zero-order valence-corrected chi connectivity index (χ0v) is 20.6. The van der Waals surface area contributed by atoms with Gasteiger partial charge < -0.3 is 5.32 Å². The van der Waals surface area contributed by atoms with E-state index in [9.17, 15) is 18.0 Å². The molecule has 0 spiro atoms. The fourth-order valence-electron chi connectivity index (χ4n) is 4.03. The highest BCUT2D eigenvalue weighted by atomic mass is 35.5. The molecule has 2 aliphatic rings. The molecule has 10 heteroatoms. The van der Waals surface area contributed by atoms with Crippen LogP contribution < -0.4 is 5.32 Å². The SMILES string of the molecule is Cc1cc(C2=NCC(c3cc(Cl)c(Cl)c(Cl)c3)(C(F)(F)F)C2)ccc1C(=O)NCC1CSC1. The maximum Gasteiger partial charge on any atom is 0.400 e. The van der Waals surface area contributed by atoms with Crippen molar-refractivity contribution >= 4 is 58.2 Å². The highest BCUT2D eigenvalue weighted by Crippen LogP contribution is 2.49. The molecule has 1 amide bonds. The van der Waals surface area contributed by atoms with E-state index < -0.39 is 18.1 Å². The van der Waals surface area contributed by atoms with Crippen LogP contribution in [0.5, 0.6) is 0 Å². The van der Waals surface area contributed by atoms with Crippen LogP contribution in [0, 0.1) is 12.8 Å². The number of hydrogen-bond acceptors (Lipinski definition) is 3. The van der Waals surface area contributed by atoms with Crippen LogP contribution in [0.25, 0.3) is 0 Å². The number of thioether (sulfide) groups is 1. The van der Waals surface area contributed by atoms with Crippen molar-refractivity contribution in [3.63, 3.8) is 0 Å². The Bertz CT molecular complexity index is 1110. The number of aliphatic imine (C=N–C) groups is 1. The number of benzene rings is 2. The number of carbonyl (C=O) groups is 1. The lowest BCUT2D eigenvalue weighted by Crippen LogP contribution is -2.43. The molecule has 1 atom stereocenters. The number of halogens is 6. The van der Waals surface area contributed by atoms with Gasteiger partial charge in [-0.3, -0.25) is 9.79 Å². The first-order valence-electron chi connectivity index (χ1n) is 10.2. The number of carbonyl (C=O) groups excluding carboxylic acids is 1. The van der Waals surface area contributed by atoms with Crippen molar-refractivity contribution in [2.45, 2.75) is 24.9 Å². The number of aryl methyl sites for hydroxylation is 1. The summed E-state index contributed by atoms with van der Waals surface area (Å²) in [6.45, 7) is 1.91. The predicted octanol–water partition coefficient (Wildman–Crippen LogP) is 6.74. The van der Waals surface area contributed by atoms with E-state index in [0.717, 1.165) is 11.5 Å². The average Bonchev–Trinajstić information content (AvgIpc) is 3.17. The minimum absolute atomic E-state index is 0.0131. The van der Waals surface area contributed by atoms with E-state index in [0.29, 0.717) is 34.9 Å². The molecule has 3 nitrogen and oxygen atoms in total. The van der Waals surface area contributed by atoms with Gasteiger partial charge in [-0.2, -0.15) is 24.9 Å². The van der Waals surface area contributed by atoms with Crippen molar-refractivity contribution in [3.05, 3.63) is 67.7 Å². The molecular formula is C23H20Cl3F3N2OS. The second-order valence-corrected chi connectivity index (χ2v) is 10.7. The van der Waals surface area contributed by atoms with E-state index in [1.807, 2.05) is 11.8 Å². The molecule has 1 unspecified atom stereocenters. The third-order valence-corrected chi connectivity index (χ3v) is 8.76. The van der Waals surface area contributed by atoms with Crippen LogP contribution in [0.3, 0.4) is 0 Å². The van der Waals surface area contributed by atoms with Gasteiger partial charge in [0.1, 0.15) is 5.41 Å². The summed E-state index contributed by atoms with van der Waals surface area (Å²) in [6, 6.07) is 7.42. The summed E-state index contributed by atoms with van der Waals surface area (Å²) in [7, 11) is 0. The van der Waals surface area contributed by atoms with Gasteiger partial charge in [0.15, 0.2) is 0 Å². The molecule has 4 rings (SSSR count). The first kappa shape index (κ1) is 24.7. The molecule has 0 bridgehead atoms. The summed E-state index contributed by atoms with van der Waals surface area (Å²) in [5.74, 6) is 2.41. The maximum absolute atomic E-state index is 14.3. The number of rotatable bonds is 5. The normalized spacial score (nSPS) is 21.0. The van der Waals surface area contributed by atoms with Gasteiger partial charge in [-0.1, -0.05) is 40.9 Å². The predicted molar refractivity (Wildman–Crippen MR) is 130 cm³/mol. The van der Waals surface area contributed by atoms with Crippen LogP contribution in [-0.2, 0) is 5.41 Å². The van der Waals surface area contributed by atoms with Crippen LogP contribution in [0.1, 0.15) is 33.5 Å². The summed E-state index contributed by atoms with van der Waals surface area (Å²) in [5.41, 5.74) is -0.284. The molecule has 2 heterocycles. The molecule has 176 valence electrons. The van der Waals surface area contributed by atoms with E-state index in [1.165, 1.54) is 12.1 Å². The van der Waals surface area contributed by atoms with Gasteiger partial charge in [-0.05, 0) is 65.3 Å². The molecule has 33 heavy (non-hydrogen) atoms. The van der Waals surface area contributed by atoms with Gasteiger partial charge in [-0.25, -0.2) is 0 Å². The summed E-state index contributed by atoms with van der Waals surface area (Å²) in [6.07, 6.45) is -4.96. The molecule has 2 aromatic rings. The van der Waals surface area contributed by atoms with E-state index in [1.54, 1.807) is 25.1 Å². The number of hydrogen-bond donors (Lipinski definition) is 1. The molecular weight excluding hydrogens is 516 g/mol. The standard InChI is InChI=1S/C23H20Cl3F3N2OS/c1-12-4-14(2-3-16(12)21(32)30-8-13-9-33-10-13)19-7-22(11-31-19,23(27,28)29)15-5-17(24)20(26)18(25)6-15/h2-6,13H,7-11H2,1H3,(H,30,32). The number of nitrogens with zero attached hydrogens (tertiary/aromatic N) is 1. The monoisotopic (exact) mass is 534 g/mol.